The first-order chi connectivity index (χ1) is 10.7. The van der Waals surface area contributed by atoms with Crippen LogP contribution in [0.25, 0.3) is 0 Å². The Hall–Kier alpha value is -3.13. The van der Waals surface area contributed by atoms with Gasteiger partial charge in [-0.1, -0.05) is 18.4 Å². The first-order valence-corrected chi connectivity index (χ1v) is 6.34. The lowest BCUT2D eigenvalue weighted by molar-refractivity contribution is -0.433. The minimum Gasteiger partial charge on any atom is -1.00 e. The van der Waals surface area contributed by atoms with E-state index in [1.807, 2.05) is 6.92 Å². The quantitative estimate of drug-likeness (QED) is 0.754. The second kappa shape index (κ2) is 16.9. The van der Waals surface area contributed by atoms with E-state index in [1.165, 1.54) is 6.08 Å². The summed E-state index contributed by atoms with van der Waals surface area (Å²) in [6.45, 7) is 5.25. The Labute approximate surface area is 165 Å². The maximum atomic E-state index is 9.56. The molecule has 0 aliphatic rings. The van der Waals surface area contributed by atoms with Crippen molar-refractivity contribution in [1.82, 2.24) is 0 Å². The lowest BCUT2D eigenvalue weighted by Gasteiger charge is -2.07. The predicted octanol–water partition coefficient (Wildman–Crippen LogP) is 2.67. The molecule has 0 unspecified atom stereocenters. The van der Waals surface area contributed by atoms with E-state index in [2.05, 4.69) is 92.5 Å². The largest absolute Gasteiger partial charge is 1.00 e. The second-order valence-electron chi connectivity index (χ2n) is 3.65. The number of halogens is 1. The van der Waals surface area contributed by atoms with Crippen molar-refractivity contribution in [3.05, 3.63) is 92.9 Å². The van der Waals surface area contributed by atoms with E-state index in [0.29, 0.717) is 0 Å². The third-order valence-corrected chi connectivity index (χ3v) is 2.11. The van der Waals surface area contributed by atoms with Crippen LogP contribution in [0, 0.1) is 0 Å². The molecule has 0 aliphatic carbocycles. The molecular formula is C20H46ClNO. The van der Waals surface area contributed by atoms with Crippen LogP contribution in [0.2, 0.25) is 0 Å². The first kappa shape index (κ1) is 22.2. The summed E-state index contributed by atoms with van der Waals surface area (Å²) in [6.07, 6.45) is 1.61. The average molecular weight is 352 g/mol. The maximum Gasteiger partial charge on any atom is 0.132 e. The van der Waals surface area contributed by atoms with Crippen LogP contribution in [0.15, 0.2) is 92.9 Å². The Morgan fingerprint density at radius 1 is 0.913 bits per heavy atom. The summed E-state index contributed by atoms with van der Waals surface area (Å²) in [7, 11) is 0. The molecule has 0 saturated heterocycles. The van der Waals surface area contributed by atoms with Gasteiger partial charge in [-0.2, -0.15) is 0 Å². The Balaban J connectivity index is -0.0000000162. The molecule has 0 aromatic heterocycles. The van der Waals surface area contributed by atoms with Gasteiger partial charge in [0.25, 0.3) is 0 Å². The van der Waals surface area contributed by atoms with E-state index < -0.39 is 6.10 Å². The van der Waals surface area contributed by atoms with Gasteiger partial charge in [-0.05, 0) is 81.8 Å². The summed E-state index contributed by atoms with van der Waals surface area (Å²) >= 11 is 0. The van der Waals surface area contributed by atoms with Gasteiger partial charge in [0.05, 0.1) is 0 Å². The minimum absolute atomic E-state index is 0. The molecule has 0 saturated carbocycles. The zero-order valence-electron chi connectivity index (χ0n) is 12.7. The normalized spacial score (nSPS) is 8.48. The summed E-state index contributed by atoms with van der Waals surface area (Å²) in [4.78, 5) is 0. The molecule has 0 spiro atoms. The number of hydrogen-bond acceptors (Lipinski definition) is 1. The molecule has 0 bridgehead atoms. The van der Waals surface area contributed by atoms with Gasteiger partial charge in [0.15, 0.2) is 0 Å². The molecule has 0 aromatic carbocycles. The first-order valence-electron chi connectivity index (χ1n) is 6.34. The fourth-order valence-electron chi connectivity index (χ4n) is 0.897. The van der Waals surface area contributed by atoms with Crippen molar-refractivity contribution in [3.63, 3.8) is 0 Å². The lowest BCUT2D eigenvalue weighted by atomic mass is 10.1. The van der Waals surface area contributed by atoms with E-state index in [9.17, 15) is 5.11 Å². The zero-order chi connectivity index (χ0) is 16.5. The van der Waals surface area contributed by atoms with Crippen molar-refractivity contribution >= 4 is 0 Å². The van der Waals surface area contributed by atoms with Crippen LogP contribution < -0.4 is 18.1 Å². The van der Waals surface area contributed by atoms with Gasteiger partial charge in [-0.15, -0.1) is 0 Å². The van der Waals surface area contributed by atoms with Gasteiger partial charge in [0.2, 0.25) is 0 Å². The molecule has 0 radical (unpaired) electrons. The molecule has 2 nitrogen and oxygen atoms in total. The molecule has 0 aliphatic heterocycles. The van der Waals surface area contributed by atoms with Crippen molar-refractivity contribution in [2.75, 3.05) is 0 Å². The molecule has 4 N–H and O–H groups in total. The molecule has 0 amide bonds. The highest BCUT2D eigenvalue weighted by Crippen LogP contribution is 1.92. The molecule has 2 atom stereocenters. The molecule has 144 valence electrons. The van der Waals surface area contributed by atoms with Crippen LogP contribution >= 0.6 is 0 Å². The number of hydrogen-bond donors (Lipinski definition) is 2. The summed E-state index contributed by atoms with van der Waals surface area (Å²) < 4.78 is 0. The monoisotopic (exact) mass is 351 g/mol. The Morgan fingerprint density at radius 2 is 1.30 bits per heavy atom. The van der Waals surface area contributed by atoms with Gasteiger partial charge < -0.3 is 23.2 Å². The molecule has 3 heteroatoms. The standard InChI is InChI=1S/C20H13NO.ClH.16H2/c1-3-5-6-7-8-9-10-11-12-13-14-15-16-17-18-20(22)19(21)4-2;;;;;;;;;;;;;;;;;/h18-20,22H,1,4,21H2,2H3;17*1H/t19-,20-;;;;;;;;;;;;;;;;;/m0................./s1. The van der Waals surface area contributed by atoms with Crippen molar-refractivity contribution in [2.45, 2.75) is 25.5 Å². The molecule has 0 aromatic rings. The number of rotatable bonds is 3. The van der Waals surface area contributed by atoms with Crippen LogP contribution in [-0.2, 0) is 0 Å². The maximum absolute atomic E-state index is 9.56. The van der Waals surface area contributed by atoms with Crippen molar-refractivity contribution in [3.8, 4) is 0 Å². The van der Waals surface area contributed by atoms with Crippen molar-refractivity contribution in [2.24, 2.45) is 0 Å². The lowest BCUT2D eigenvalue weighted by Crippen LogP contribution is -3.00. The third kappa shape index (κ3) is 15.1. The SMILES string of the molecule is C=C=C=C=C=C=C=C=C=C=C=C=C=C=C=C[C@H](O)[C@@H]([NH3+])CC.[Cl-].[HH].[HH].[HH].[HH].[HH].[HH].[HH].[HH].[HH].[HH].[HH].[HH].[HH].[HH].[HH].[HH]. The van der Waals surface area contributed by atoms with Crippen LogP contribution in [0.1, 0.15) is 36.2 Å². The number of aliphatic hydroxyl groups excluding tert-OH is 1. The molecule has 0 heterocycles. The predicted molar refractivity (Wildman–Crippen MR) is 116 cm³/mol. The Morgan fingerprint density at radius 3 is 1.70 bits per heavy atom. The zero-order valence-corrected chi connectivity index (χ0v) is 13.4. The summed E-state index contributed by atoms with van der Waals surface area (Å²) in [5.74, 6) is 0. The van der Waals surface area contributed by atoms with E-state index >= 15 is 0 Å². The van der Waals surface area contributed by atoms with Crippen LogP contribution in [0.3, 0.4) is 0 Å². The van der Waals surface area contributed by atoms with E-state index in [0.717, 1.165) is 6.42 Å². The van der Waals surface area contributed by atoms with E-state index in [1.54, 1.807) is 0 Å². The topological polar surface area (TPSA) is 47.9 Å². The Bertz CT molecular complexity index is 953. The molecule has 0 fully saturated rings. The molecule has 23 heavy (non-hydrogen) atoms. The highest BCUT2D eigenvalue weighted by Gasteiger charge is 2.11. The van der Waals surface area contributed by atoms with E-state index in [4.69, 9.17) is 0 Å². The van der Waals surface area contributed by atoms with Gasteiger partial charge >= 0.3 is 0 Å². The van der Waals surface area contributed by atoms with Crippen LogP contribution in [0.4, 0.5) is 0 Å². The van der Waals surface area contributed by atoms with Gasteiger partial charge in [0.1, 0.15) is 12.1 Å². The third-order valence-electron chi connectivity index (χ3n) is 2.11. The second-order valence-corrected chi connectivity index (χ2v) is 3.65. The van der Waals surface area contributed by atoms with Gasteiger partial charge in [-0.3, -0.25) is 0 Å². The smallest absolute Gasteiger partial charge is 0.132 e. The van der Waals surface area contributed by atoms with E-state index in [-0.39, 0.29) is 41.3 Å². The van der Waals surface area contributed by atoms with Crippen LogP contribution in [0.5, 0.6) is 0 Å². The molecular weight excluding hydrogens is 306 g/mol. The van der Waals surface area contributed by atoms with Crippen molar-refractivity contribution in [1.29, 1.82) is 0 Å². The summed E-state index contributed by atoms with van der Waals surface area (Å²) in [5.41, 5.74) is 38.8. The molecule has 0 rings (SSSR count). The fraction of sp³-hybridized carbons (Fsp3) is 0.200. The highest BCUT2D eigenvalue weighted by atomic mass is 35.5. The fourth-order valence-corrected chi connectivity index (χ4v) is 0.897. The average Bonchev–Trinajstić information content (AvgIpc) is 2.54. The number of quaternary nitrogens is 1. The summed E-state index contributed by atoms with van der Waals surface area (Å²) in [6, 6.07) is -0.0613. The minimum atomic E-state index is -0.641. The highest BCUT2D eigenvalue weighted by molar-refractivity contribution is 4.94. The number of aliphatic hydroxyl groups is 1. The van der Waals surface area contributed by atoms with Gasteiger partial charge in [0, 0.05) is 28.9 Å². The van der Waals surface area contributed by atoms with Crippen molar-refractivity contribution < 1.29 is 46.1 Å². The Kier molecular flexibility index (Phi) is 16.3. The van der Waals surface area contributed by atoms with Gasteiger partial charge in [-0.25, -0.2) is 0 Å². The van der Waals surface area contributed by atoms with Crippen LogP contribution in [-0.4, -0.2) is 17.3 Å². The summed E-state index contributed by atoms with van der Waals surface area (Å²) in [5, 5.41) is 9.56.